The zero-order chi connectivity index (χ0) is 13.8. The van der Waals surface area contributed by atoms with Crippen molar-refractivity contribution in [1.29, 1.82) is 5.26 Å². The van der Waals surface area contributed by atoms with Crippen LogP contribution in [0.2, 0.25) is 5.15 Å². The number of nitrogens with zero attached hydrogens (tertiary/aromatic N) is 3. The van der Waals surface area contributed by atoms with Crippen molar-refractivity contribution in [3.8, 4) is 11.8 Å². The van der Waals surface area contributed by atoms with E-state index in [1.54, 1.807) is 24.4 Å². The van der Waals surface area contributed by atoms with Gasteiger partial charge in [-0.2, -0.15) is 5.26 Å². The molecule has 0 aliphatic heterocycles. The largest absolute Gasteiger partial charge is 0.495 e. The topological polar surface area (TPSA) is 67.9 Å². The summed E-state index contributed by atoms with van der Waals surface area (Å²) in [7, 11) is 1.50. The fourth-order valence-electron chi connectivity index (χ4n) is 1.68. The fourth-order valence-corrected chi connectivity index (χ4v) is 1.85. The van der Waals surface area contributed by atoms with Gasteiger partial charge in [-0.3, -0.25) is 4.79 Å². The predicted octanol–water partition coefficient (Wildman–Crippen LogP) is 1.83. The van der Waals surface area contributed by atoms with Crippen LogP contribution < -0.4 is 10.3 Å². The van der Waals surface area contributed by atoms with E-state index in [0.717, 1.165) is 5.56 Å². The third-order valence-corrected chi connectivity index (χ3v) is 2.87. The van der Waals surface area contributed by atoms with E-state index in [1.807, 2.05) is 6.07 Å². The third-order valence-electron chi connectivity index (χ3n) is 2.61. The van der Waals surface area contributed by atoms with Crippen molar-refractivity contribution >= 4 is 11.6 Å². The van der Waals surface area contributed by atoms with Gasteiger partial charge in [-0.15, -0.1) is 0 Å². The molecule has 0 unspecified atom stereocenters. The Morgan fingerprint density at radius 2 is 2.32 bits per heavy atom. The Morgan fingerprint density at radius 3 is 3.00 bits per heavy atom. The number of aromatic nitrogens is 2. The standard InChI is InChI=1S/C13H10ClN3O2/c1-19-11-3-2-9(6-10(11)7-15)8-17-5-4-16-12(14)13(17)18/h2-6H,8H2,1H3. The van der Waals surface area contributed by atoms with Crippen molar-refractivity contribution in [1.82, 2.24) is 9.55 Å². The van der Waals surface area contributed by atoms with Gasteiger partial charge in [0.25, 0.3) is 5.56 Å². The summed E-state index contributed by atoms with van der Waals surface area (Å²) in [5.74, 6) is 0.506. The molecular formula is C13H10ClN3O2. The smallest absolute Gasteiger partial charge is 0.288 e. The summed E-state index contributed by atoms with van der Waals surface area (Å²) in [4.78, 5) is 15.4. The number of methoxy groups -OCH3 is 1. The second-order valence-electron chi connectivity index (χ2n) is 3.80. The van der Waals surface area contributed by atoms with E-state index in [0.29, 0.717) is 17.9 Å². The summed E-state index contributed by atoms with van der Waals surface area (Å²) in [6.45, 7) is 0.319. The van der Waals surface area contributed by atoms with Crippen LogP contribution in [-0.2, 0) is 6.54 Å². The first-order valence-corrected chi connectivity index (χ1v) is 5.81. The summed E-state index contributed by atoms with van der Waals surface area (Å²) < 4.78 is 6.49. The molecule has 0 aliphatic carbocycles. The number of hydrogen-bond acceptors (Lipinski definition) is 4. The highest BCUT2D eigenvalue weighted by Crippen LogP contribution is 2.19. The molecule has 0 saturated carbocycles. The maximum absolute atomic E-state index is 11.7. The molecule has 1 aromatic carbocycles. The number of benzene rings is 1. The van der Waals surface area contributed by atoms with E-state index in [9.17, 15) is 4.79 Å². The van der Waals surface area contributed by atoms with E-state index < -0.39 is 0 Å². The SMILES string of the molecule is COc1ccc(Cn2ccnc(Cl)c2=O)cc1C#N. The summed E-state index contributed by atoms with van der Waals surface area (Å²) in [5.41, 5.74) is 0.869. The molecule has 1 heterocycles. The van der Waals surface area contributed by atoms with Crippen LogP contribution in [0.15, 0.2) is 35.4 Å². The zero-order valence-electron chi connectivity index (χ0n) is 10.1. The Kier molecular flexibility index (Phi) is 3.83. The summed E-state index contributed by atoms with van der Waals surface area (Å²) in [6, 6.07) is 7.22. The van der Waals surface area contributed by atoms with Crippen molar-refractivity contribution < 1.29 is 4.74 Å². The van der Waals surface area contributed by atoms with Gasteiger partial charge in [0.05, 0.1) is 19.2 Å². The van der Waals surface area contributed by atoms with Crippen LogP contribution in [0.4, 0.5) is 0 Å². The average Bonchev–Trinajstić information content (AvgIpc) is 2.43. The van der Waals surface area contributed by atoms with Crippen molar-refractivity contribution in [2.75, 3.05) is 7.11 Å². The highest BCUT2D eigenvalue weighted by molar-refractivity contribution is 6.29. The first-order valence-electron chi connectivity index (χ1n) is 5.43. The molecule has 2 aromatic rings. The van der Waals surface area contributed by atoms with Gasteiger partial charge in [-0.05, 0) is 17.7 Å². The van der Waals surface area contributed by atoms with Gasteiger partial charge in [0, 0.05) is 12.4 Å². The monoisotopic (exact) mass is 275 g/mol. The van der Waals surface area contributed by atoms with Crippen molar-refractivity contribution in [3.63, 3.8) is 0 Å². The number of rotatable bonds is 3. The Balaban J connectivity index is 2.37. The number of ether oxygens (including phenoxy) is 1. The summed E-state index contributed by atoms with van der Waals surface area (Å²) in [5, 5.41) is 8.94. The van der Waals surface area contributed by atoms with Gasteiger partial charge in [0.15, 0.2) is 5.15 Å². The second-order valence-corrected chi connectivity index (χ2v) is 4.16. The van der Waals surface area contributed by atoms with Crippen LogP contribution >= 0.6 is 11.6 Å². The van der Waals surface area contributed by atoms with Crippen LogP contribution in [0.1, 0.15) is 11.1 Å². The van der Waals surface area contributed by atoms with Gasteiger partial charge in [0.2, 0.25) is 0 Å². The zero-order valence-corrected chi connectivity index (χ0v) is 10.9. The maximum Gasteiger partial charge on any atom is 0.288 e. The van der Waals surface area contributed by atoms with Crippen molar-refractivity contribution in [2.24, 2.45) is 0 Å². The molecule has 0 fully saturated rings. The molecular weight excluding hydrogens is 266 g/mol. The lowest BCUT2D eigenvalue weighted by Crippen LogP contribution is -2.21. The van der Waals surface area contributed by atoms with Crippen molar-refractivity contribution in [2.45, 2.75) is 6.54 Å². The molecule has 0 atom stereocenters. The molecule has 2 rings (SSSR count). The Morgan fingerprint density at radius 1 is 1.53 bits per heavy atom. The Bertz CT molecular complexity index is 704. The van der Waals surface area contributed by atoms with E-state index in [1.165, 1.54) is 17.9 Å². The maximum atomic E-state index is 11.7. The van der Waals surface area contributed by atoms with Crippen molar-refractivity contribution in [3.05, 3.63) is 57.2 Å². The number of hydrogen-bond donors (Lipinski definition) is 0. The molecule has 0 bridgehead atoms. The van der Waals surface area contributed by atoms with Gasteiger partial charge < -0.3 is 9.30 Å². The first-order chi connectivity index (χ1) is 9.15. The molecule has 0 N–H and O–H groups in total. The minimum Gasteiger partial charge on any atom is -0.495 e. The summed E-state index contributed by atoms with van der Waals surface area (Å²) in [6.07, 6.45) is 3.00. The summed E-state index contributed by atoms with van der Waals surface area (Å²) >= 11 is 5.67. The molecule has 0 spiro atoms. The van der Waals surface area contributed by atoms with Crippen LogP contribution in [-0.4, -0.2) is 16.7 Å². The molecule has 96 valence electrons. The molecule has 0 saturated heterocycles. The minimum atomic E-state index is -0.363. The second kappa shape index (κ2) is 5.55. The van der Waals surface area contributed by atoms with E-state index in [4.69, 9.17) is 21.6 Å². The first kappa shape index (κ1) is 13.1. The average molecular weight is 276 g/mol. The lowest BCUT2D eigenvalue weighted by Gasteiger charge is -2.08. The van der Waals surface area contributed by atoms with Gasteiger partial charge in [-0.25, -0.2) is 4.98 Å². The fraction of sp³-hybridized carbons (Fsp3) is 0.154. The van der Waals surface area contributed by atoms with E-state index in [-0.39, 0.29) is 10.7 Å². The lowest BCUT2D eigenvalue weighted by molar-refractivity contribution is 0.413. The molecule has 6 heteroatoms. The molecule has 0 amide bonds. The third kappa shape index (κ3) is 2.75. The number of halogens is 1. The van der Waals surface area contributed by atoms with Gasteiger partial charge in [-0.1, -0.05) is 17.7 Å². The van der Waals surface area contributed by atoms with Crippen LogP contribution in [0.5, 0.6) is 5.75 Å². The Hall–Kier alpha value is -2.32. The normalized spacial score (nSPS) is 9.95. The molecule has 19 heavy (non-hydrogen) atoms. The minimum absolute atomic E-state index is 0.0727. The molecule has 5 nitrogen and oxygen atoms in total. The number of nitriles is 1. The molecule has 0 radical (unpaired) electrons. The van der Waals surface area contributed by atoms with Gasteiger partial charge in [0.1, 0.15) is 11.8 Å². The molecule has 1 aromatic heterocycles. The molecule has 0 aliphatic rings. The predicted molar refractivity (Wildman–Crippen MR) is 70.3 cm³/mol. The highest BCUT2D eigenvalue weighted by Gasteiger charge is 2.06. The lowest BCUT2D eigenvalue weighted by atomic mass is 10.1. The Labute approximate surface area is 114 Å². The van der Waals surface area contributed by atoms with Crippen LogP contribution in [0, 0.1) is 11.3 Å². The van der Waals surface area contributed by atoms with Crippen LogP contribution in [0.3, 0.4) is 0 Å². The van der Waals surface area contributed by atoms with Gasteiger partial charge >= 0.3 is 0 Å². The van der Waals surface area contributed by atoms with E-state index >= 15 is 0 Å². The highest BCUT2D eigenvalue weighted by atomic mass is 35.5. The quantitative estimate of drug-likeness (QED) is 0.857. The van der Waals surface area contributed by atoms with E-state index in [2.05, 4.69) is 4.98 Å². The van der Waals surface area contributed by atoms with Crippen LogP contribution in [0.25, 0.3) is 0 Å².